The molecule has 0 aromatic heterocycles. The van der Waals surface area contributed by atoms with Gasteiger partial charge in [0.05, 0.1) is 13.2 Å². The van der Waals surface area contributed by atoms with Gasteiger partial charge in [0.2, 0.25) is 0 Å². The SMILES string of the molecule is CCOC(=O)[C@H](Cc1ccccc1)NC(=O)[C@H]1O[C@@H]1C(=O)OCC. The fourth-order valence-corrected chi connectivity index (χ4v) is 2.26. The van der Waals surface area contributed by atoms with E-state index in [9.17, 15) is 14.4 Å². The van der Waals surface area contributed by atoms with E-state index < -0.39 is 36.1 Å². The molecule has 1 fully saturated rings. The zero-order valence-corrected chi connectivity index (χ0v) is 13.7. The lowest BCUT2D eigenvalue weighted by Gasteiger charge is -2.17. The van der Waals surface area contributed by atoms with E-state index in [1.165, 1.54) is 0 Å². The Balaban J connectivity index is 1.96. The van der Waals surface area contributed by atoms with E-state index in [4.69, 9.17) is 14.2 Å². The van der Waals surface area contributed by atoms with Crippen molar-refractivity contribution in [2.24, 2.45) is 0 Å². The predicted molar refractivity (Wildman–Crippen MR) is 84.0 cm³/mol. The van der Waals surface area contributed by atoms with Crippen LogP contribution in [-0.2, 0) is 35.0 Å². The highest BCUT2D eigenvalue weighted by Gasteiger charge is 2.52. The van der Waals surface area contributed by atoms with Gasteiger partial charge in [-0.25, -0.2) is 9.59 Å². The van der Waals surface area contributed by atoms with Gasteiger partial charge in [-0.3, -0.25) is 4.79 Å². The molecule has 1 aliphatic heterocycles. The fraction of sp³-hybridized carbons (Fsp3) is 0.471. The first kappa shape index (κ1) is 17.9. The summed E-state index contributed by atoms with van der Waals surface area (Å²) >= 11 is 0. The van der Waals surface area contributed by atoms with Gasteiger partial charge < -0.3 is 19.5 Å². The Hall–Kier alpha value is -2.41. The van der Waals surface area contributed by atoms with E-state index in [1.54, 1.807) is 13.8 Å². The van der Waals surface area contributed by atoms with Crippen LogP contribution < -0.4 is 5.32 Å². The quantitative estimate of drug-likeness (QED) is 0.552. The summed E-state index contributed by atoms with van der Waals surface area (Å²) in [6.45, 7) is 3.80. The molecule has 1 amide bonds. The van der Waals surface area contributed by atoms with E-state index in [-0.39, 0.29) is 13.2 Å². The molecule has 0 aliphatic carbocycles. The normalized spacial score (nSPS) is 19.9. The van der Waals surface area contributed by atoms with Crippen molar-refractivity contribution >= 4 is 17.8 Å². The molecule has 0 saturated carbocycles. The van der Waals surface area contributed by atoms with Crippen LogP contribution in [-0.4, -0.2) is 49.3 Å². The lowest BCUT2D eigenvalue weighted by atomic mass is 10.1. The number of epoxide rings is 1. The van der Waals surface area contributed by atoms with Crippen LogP contribution in [0.15, 0.2) is 30.3 Å². The minimum absolute atomic E-state index is 0.214. The number of amides is 1. The minimum atomic E-state index is -0.920. The Morgan fingerprint density at radius 2 is 1.75 bits per heavy atom. The summed E-state index contributed by atoms with van der Waals surface area (Å²) in [4.78, 5) is 35.8. The van der Waals surface area contributed by atoms with Crippen molar-refractivity contribution in [3.05, 3.63) is 35.9 Å². The molecule has 0 bridgehead atoms. The summed E-state index contributed by atoms with van der Waals surface area (Å²) in [6, 6.07) is 8.43. The number of carbonyl (C=O) groups is 3. The molecule has 0 spiro atoms. The van der Waals surface area contributed by atoms with Crippen molar-refractivity contribution in [2.45, 2.75) is 38.5 Å². The van der Waals surface area contributed by atoms with Crippen molar-refractivity contribution < 1.29 is 28.6 Å². The van der Waals surface area contributed by atoms with Crippen molar-refractivity contribution in [2.75, 3.05) is 13.2 Å². The maximum atomic E-state index is 12.2. The summed E-state index contributed by atoms with van der Waals surface area (Å²) < 4.78 is 14.8. The zero-order valence-electron chi connectivity index (χ0n) is 13.7. The molecule has 1 heterocycles. The monoisotopic (exact) mass is 335 g/mol. The van der Waals surface area contributed by atoms with E-state index in [0.717, 1.165) is 5.56 Å². The zero-order chi connectivity index (χ0) is 17.5. The average Bonchev–Trinajstić information content (AvgIpc) is 3.36. The Morgan fingerprint density at radius 3 is 2.38 bits per heavy atom. The van der Waals surface area contributed by atoms with Crippen molar-refractivity contribution in [1.29, 1.82) is 0 Å². The van der Waals surface area contributed by atoms with Gasteiger partial charge in [-0.05, 0) is 19.4 Å². The first-order valence-corrected chi connectivity index (χ1v) is 7.89. The van der Waals surface area contributed by atoms with Gasteiger partial charge >= 0.3 is 11.9 Å². The third-order valence-electron chi connectivity index (χ3n) is 3.44. The van der Waals surface area contributed by atoms with Gasteiger partial charge in [-0.15, -0.1) is 0 Å². The van der Waals surface area contributed by atoms with Gasteiger partial charge in [-0.1, -0.05) is 30.3 Å². The second-order valence-corrected chi connectivity index (χ2v) is 5.23. The molecule has 7 heteroatoms. The topological polar surface area (TPSA) is 94.2 Å². The second kappa shape index (κ2) is 8.44. The molecule has 1 N–H and O–H groups in total. The van der Waals surface area contributed by atoms with Gasteiger partial charge in [0, 0.05) is 6.42 Å². The van der Waals surface area contributed by atoms with E-state index >= 15 is 0 Å². The Labute approximate surface area is 140 Å². The third kappa shape index (κ3) is 4.79. The molecule has 7 nitrogen and oxygen atoms in total. The number of benzene rings is 1. The van der Waals surface area contributed by atoms with E-state index in [0.29, 0.717) is 6.42 Å². The van der Waals surface area contributed by atoms with Crippen LogP contribution in [0.2, 0.25) is 0 Å². The van der Waals surface area contributed by atoms with Gasteiger partial charge in [-0.2, -0.15) is 0 Å². The third-order valence-corrected chi connectivity index (χ3v) is 3.44. The summed E-state index contributed by atoms with van der Waals surface area (Å²) in [6.07, 6.45) is -1.52. The molecule has 1 aliphatic rings. The summed E-state index contributed by atoms with van der Waals surface area (Å²) in [5.41, 5.74) is 0.884. The molecule has 1 aromatic rings. The van der Waals surface area contributed by atoms with Gasteiger partial charge in [0.15, 0.2) is 12.2 Å². The number of rotatable bonds is 8. The minimum Gasteiger partial charge on any atom is -0.464 e. The number of esters is 2. The Kier molecular flexibility index (Phi) is 6.31. The summed E-state index contributed by atoms with van der Waals surface area (Å²) in [5.74, 6) is -1.63. The molecular weight excluding hydrogens is 314 g/mol. The lowest BCUT2D eigenvalue weighted by Crippen LogP contribution is -2.45. The maximum Gasteiger partial charge on any atom is 0.338 e. The van der Waals surface area contributed by atoms with E-state index in [1.807, 2.05) is 30.3 Å². The van der Waals surface area contributed by atoms with E-state index in [2.05, 4.69) is 5.32 Å². The Morgan fingerprint density at radius 1 is 1.08 bits per heavy atom. The van der Waals surface area contributed by atoms with Crippen LogP contribution in [0, 0.1) is 0 Å². The number of carbonyl (C=O) groups excluding carboxylic acids is 3. The van der Waals surface area contributed by atoms with Crippen LogP contribution >= 0.6 is 0 Å². The highest BCUT2D eigenvalue weighted by Crippen LogP contribution is 2.24. The lowest BCUT2D eigenvalue weighted by molar-refractivity contribution is -0.147. The highest BCUT2D eigenvalue weighted by atomic mass is 16.6. The number of hydrogen-bond donors (Lipinski definition) is 1. The molecule has 24 heavy (non-hydrogen) atoms. The summed E-state index contributed by atoms with van der Waals surface area (Å²) in [5, 5.41) is 2.59. The molecule has 2 rings (SSSR count). The highest BCUT2D eigenvalue weighted by molar-refractivity contribution is 5.94. The van der Waals surface area contributed by atoms with Crippen LogP contribution in [0.4, 0.5) is 0 Å². The van der Waals surface area contributed by atoms with Crippen LogP contribution in [0.1, 0.15) is 19.4 Å². The Bertz CT molecular complexity index is 588. The average molecular weight is 335 g/mol. The smallest absolute Gasteiger partial charge is 0.338 e. The largest absolute Gasteiger partial charge is 0.464 e. The van der Waals surface area contributed by atoms with Gasteiger partial charge in [0.1, 0.15) is 6.04 Å². The first-order valence-electron chi connectivity index (χ1n) is 7.89. The standard InChI is InChI=1S/C17H21NO6/c1-3-22-16(20)12(10-11-8-6-5-7-9-11)18-15(19)13-14(24-13)17(21)23-4-2/h5-9,12-14H,3-4,10H2,1-2H3,(H,18,19)/t12-,13-,14-/m0/s1. The number of hydrogen-bond acceptors (Lipinski definition) is 6. The maximum absolute atomic E-state index is 12.2. The molecular formula is C17H21NO6. The molecule has 1 aromatic carbocycles. The number of ether oxygens (including phenoxy) is 3. The molecule has 1 saturated heterocycles. The van der Waals surface area contributed by atoms with Crippen LogP contribution in [0.3, 0.4) is 0 Å². The molecule has 3 atom stereocenters. The van der Waals surface area contributed by atoms with Crippen LogP contribution in [0.5, 0.6) is 0 Å². The van der Waals surface area contributed by atoms with Crippen molar-refractivity contribution in [3.63, 3.8) is 0 Å². The first-order chi connectivity index (χ1) is 11.6. The van der Waals surface area contributed by atoms with Crippen molar-refractivity contribution in [3.8, 4) is 0 Å². The molecule has 0 unspecified atom stereocenters. The van der Waals surface area contributed by atoms with Crippen LogP contribution in [0.25, 0.3) is 0 Å². The molecule has 130 valence electrons. The van der Waals surface area contributed by atoms with Gasteiger partial charge in [0.25, 0.3) is 5.91 Å². The molecule has 0 radical (unpaired) electrons. The second-order valence-electron chi connectivity index (χ2n) is 5.23. The number of nitrogens with one attached hydrogen (secondary N) is 1. The summed E-state index contributed by atoms with van der Waals surface area (Å²) in [7, 11) is 0. The fourth-order valence-electron chi connectivity index (χ4n) is 2.26. The van der Waals surface area contributed by atoms with Crippen molar-refractivity contribution in [1.82, 2.24) is 5.32 Å². The predicted octanol–water partition coefficient (Wildman–Crippen LogP) is 0.607.